The van der Waals surface area contributed by atoms with Crippen molar-refractivity contribution in [2.24, 2.45) is 0 Å². The maximum atomic E-state index is 5.29. The van der Waals surface area contributed by atoms with Gasteiger partial charge in [0.25, 0.3) is 0 Å². The minimum Gasteiger partial charge on any atom is -0.378 e. The second-order valence-corrected chi connectivity index (χ2v) is 8.29. The Kier molecular flexibility index (Phi) is 5.72. The van der Waals surface area contributed by atoms with E-state index in [1.807, 2.05) is 23.1 Å². The lowest BCUT2D eigenvalue weighted by atomic mass is 10.1. The lowest BCUT2D eigenvalue weighted by Crippen LogP contribution is -2.35. The van der Waals surface area contributed by atoms with Crippen molar-refractivity contribution >= 4 is 28.2 Å². The first kappa shape index (κ1) is 16.1. The van der Waals surface area contributed by atoms with Crippen molar-refractivity contribution in [3.05, 3.63) is 10.6 Å². The molecular weight excluding hydrogens is 290 g/mol. The van der Waals surface area contributed by atoms with Gasteiger partial charge in [-0.3, -0.25) is 0 Å². The predicted molar refractivity (Wildman–Crippen MR) is 89.0 cm³/mol. The van der Waals surface area contributed by atoms with Gasteiger partial charge in [0.15, 0.2) is 5.13 Å². The molecule has 0 saturated carbocycles. The van der Waals surface area contributed by atoms with Crippen LogP contribution in [0, 0.1) is 0 Å². The van der Waals surface area contributed by atoms with E-state index < -0.39 is 0 Å². The molecule has 0 bridgehead atoms. The van der Waals surface area contributed by atoms with Gasteiger partial charge in [-0.05, 0) is 20.8 Å². The third kappa shape index (κ3) is 4.62. The van der Waals surface area contributed by atoms with Gasteiger partial charge in [-0.1, -0.05) is 0 Å². The molecule has 2 rings (SSSR count). The summed E-state index contributed by atoms with van der Waals surface area (Å²) in [5.41, 5.74) is 1.21. The van der Waals surface area contributed by atoms with Crippen LogP contribution in [-0.4, -0.2) is 42.2 Å². The highest BCUT2D eigenvalue weighted by atomic mass is 32.2. The summed E-state index contributed by atoms with van der Waals surface area (Å²) < 4.78 is 5.29. The number of hydrogen-bond acceptors (Lipinski definition) is 6. The maximum Gasteiger partial charge on any atom is 0.185 e. The lowest BCUT2D eigenvalue weighted by molar-refractivity contribution is 0.181. The highest BCUT2D eigenvalue weighted by molar-refractivity contribution is 7.99. The highest BCUT2D eigenvalue weighted by Crippen LogP contribution is 2.29. The van der Waals surface area contributed by atoms with Crippen LogP contribution in [0.25, 0.3) is 0 Å². The van der Waals surface area contributed by atoms with Crippen LogP contribution in [0.4, 0.5) is 5.13 Å². The SMILES string of the molecule is COCc1nc(N2CCSCC2)sc1CNC(C)(C)C. The summed E-state index contributed by atoms with van der Waals surface area (Å²) in [6, 6.07) is 0. The first-order chi connectivity index (χ1) is 9.49. The molecule has 0 spiro atoms. The smallest absolute Gasteiger partial charge is 0.185 e. The van der Waals surface area contributed by atoms with Crippen LogP contribution < -0.4 is 10.2 Å². The molecule has 1 aromatic rings. The molecule has 114 valence electrons. The Hall–Kier alpha value is -0.300. The van der Waals surface area contributed by atoms with Crippen molar-refractivity contribution in [1.29, 1.82) is 0 Å². The standard InChI is InChI=1S/C14H25N3OS2/c1-14(2,3)15-9-12-11(10-18-4)16-13(20-12)17-5-7-19-8-6-17/h15H,5-10H2,1-4H3. The molecule has 0 atom stereocenters. The monoisotopic (exact) mass is 315 g/mol. The summed E-state index contributed by atoms with van der Waals surface area (Å²) in [6.07, 6.45) is 0. The van der Waals surface area contributed by atoms with Crippen LogP contribution in [0.1, 0.15) is 31.3 Å². The zero-order chi connectivity index (χ0) is 14.6. The van der Waals surface area contributed by atoms with Crippen molar-refractivity contribution in [2.75, 3.05) is 36.6 Å². The van der Waals surface area contributed by atoms with Crippen molar-refractivity contribution in [3.8, 4) is 0 Å². The molecule has 1 fully saturated rings. The van der Waals surface area contributed by atoms with Crippen LogP contribution in [-0.2, 0) is 17.9 Å². The molecule has 1 aliphatic heterocycles. The molecule has 0 amide bonds. The maximum absolute atomic E-state index is 5.29. The first-order valence-electron chi connectivity index (χ1n) is 7.05. The molecule has 1 saturated heterocycles. The third-order valence-electron chi connectivity index (χ3n) is 3.11. The molecule has 4 nitrogen and oxygen atoms in total. The molecule has 20 heavy (non-hydrogen) atoms. The van der Waals surface area contributed by atoms with Crippen molar-refractivity contribution in [3.63, 3.8) is 0 Å². The van der Waals surface area contributed by atoms with Gasteiger partial charge in [0, 0.05) is 48.7 Å². The fraction of sp³-hybridized carbons (Fsp3) is 0.786. The normalized spacial score (nSPS) is 16.7. The largest absolute Gasteiger partial charge is 0.378 e. The van der Waals surface area contributed by atoms with E-state index in [1.54, 1.807) is 7.11 Å². The Labute approximate surface area is 130 Å². The van der Waals surface area contributed by atoms with Crippen molar-refractivity contribution in [1.82, 2.24) is 10.3 Å². The second kappa shape index (κ2) is 7.11. The summed E-state index contributed by atoms with van der Waals surface area (Å²) >= 11 is 3.84. The van der Waals surface area contributed by atoms with Crippen LogP contribution in [0.3, 0.4) is 0 Å². The Morgan fingerprint density at radius 2 is 2.00 bits per heavy atom. The summed E-state index contributed by atoms with van der Waals surface area (Å²) in [5.74, 6) is 2.41. The molecule has 0 radical (unpaired) electrons. The number of anilines is 1. The van der Waals surface area contributed by atoms with Crippen molar-refractivity contribution in [2.45, 2.75) is 39.5 Å². The van der Waals surface area contributed by atoms with Gasteiger partial charge in [0.05, 0.1) is 12.3 Å². The fourth-order valence-electron chi connectivity index (χ4n) is 1.99. The predicted octanol–water partition coefficient (Wildman–Crippen LogP) is 2.73. The number of thioether (sulfide) groups is 1. The molecular formula is C14H25N3OS2. The van der Waals surface area contributed by atoms with Crippen LogP contribution in [0.2, 0.25) is 0 Å². The van der Waals surface area contributed by atoms with Gasteiger partial charge >= 0.3 is 0 Å². The fourth-order valence-corrected chi connectivity index (χ4v) is 3.95. The minimum absolute atomic E-state index is 0.121. The molecule has 2 heterocycles. The molecule has 1 aliphatic rings. The van der Waals surface area contributed by atoms with E-state index in [-0.39, 0.29) is 5.54 Å². The summed E-state index contributed by atoms with van der Waals surface area (Å²) in [4.78, 5) is 8.50. The minimum atomic E-state index is 0.121. The van der Waals surface area contributed by atoms with Gasteiger partial charge in [-0.2, -0.15) is 11.8 Å². The second-order valence-electron chi connectivity index (χ2n) is 6.00. The number of hydrogen-bond donors (Lipinski definition) is 1. The zero-order valence-electron chi connectivity index (χ0n) is 12.9. The Balaban J connectivity index is 2.10. The van der Waals surface area contributed by atoms with Crippen molar-refractivity contribution < 1.29 is 4.74 Å². The number of thiazole rings is 1. The van der Waals surface area contributed by atoms with E-state index in [0.29, 0.717) is 6.61 Å². The number of methoxy groups -OCH3 is 1. The van der Waals surface area contributed by atoms with Gasteiger partial charge in [-0.25, -0.2) is 4.98 Å². The quantitative estimate of drug-likeness (QED) is 0.904. The van der Waals surface area contributed by atoms with E-state index in [0.717, 1.165) is 30.5 Å². The third-order valence-corrected chi connectivity index (χ3v) is 5.21. The average Bonchev–Trinajstić information content (AvgIpc) is 2.80. The lowest BCUT2D eigenvalue weighted by Gasteiger charge is -2.25. The zero-order valence-corrected chi connectivity index (χ0v) is 14.5. The number of rotatable bonds is 5. The Bertz CT molecular complexity index is 423. The number of nitrogens with zero attached hydrogens (tertiary/aromatic N) is 2. The number of aromatic nitrogens is 1. The summed E-state index contributed by atoms with van der Waals surface area (Å²) in [5, 5.41) is 4.70. The van der Waals surface area contributed by atoms with E-state index in [2.05, 4.69) is 31.0 Å². The van der Waals surface area contributed by atoms with Crippen LogP contribution >= 0.6 is 23.1 Å². The number of nitrogens with one attached hydrogen (secondary N) is 1. The van der Waals surface area contributed by atoms with Crippen LogP contribution in [0.5, 0.6) is 0 Å². The van der Waals surface area contributed by atoms with E-state index >= 15 is 0 Å². The molecule has 0 unspecified atom stereocenters. The molecule has 6 heteroatoms. The Morgan fingerprint density at radius 1 is 1.30 bits per heavy atom. The van der Waals surface area contributed by atoms with Gasteiger partial charge in [-0.15, -0.1) is 11.3 Å². The number of ether oxygens (including phenoxy) is 1. The van der Waals surface area contributed by atoms with Gasteiger partial charge in [0.1, 0.15) is 0 Å². The summed E-state index contributed by atoms with van der Waals surface area (Å²) in [7, 11) is 1.73. The van der Waals surface area contributed by atoms with Gasteiger partial charge < -0.3 is 15.0 Å². The molecule has 1 aromatic heterocycles. The van der Waals surface area contributed by atoms with E-state index in [4.69, 9.17) is 9.72 Å². The highest BCUT2D eigenvalue weighted by Gasteiger charge is 2.19. The average molecular weight is 316 g/mol. The summed E-state index contributed by atoms with van der Waals surface area (Å²) in [6.45, 7) is 10.2. The molecule has 1 N–H and O–H groups in total. The molecule has 0 aliphatic carbocycles. The first-order valence-corrected chi connectivity index (χ1v) is 9.02. The molecule has 0 aromatic carbocycles. The topological polar surface area (TPSA) is 37.4 Å². The van der Waals surface area contributed by atoms with E-state index in [9.17, 15) is 0 Å². The van der Waals surface area contributed by atoms with Crippen LogP contribution in [0.15, 0.2) is 0 Å². The Morgan fingerprint density at radius 3 is 2.60 bits per heavy atom. The van der Waals surface area contributed by atoms with Gasteiger partial charge in [0.2, 0.25) is 0 Å². The van der Waals surface area contributed by atoms with E-state index in [1.165, 1.54) is 16.4 Å².